The van der Waals surface area contributed by atoms with Crippen molar-refractivity contribution in [1.29, 1.82) is 0 Å². The number of amides is 1. The molecule has 6 nitrogen and oxygen atoms in total. The summed E-state index contributed by atoms with van der Waals surface area (Å²) in [6, 6.07) is 17.8. The highest BCUT2D eigenvalue weighted by Gasteiger charge is 2.31. The van der Waals surface area contributed by atoms with Crippen LogP contribution >= 0.6 is 0 Å². The normalized spacial score (nSPS) is 15.9. The molecule has 0 unspecified atom stereocenters. The molecular formula is C24H28N4O2. The number of carbonyl (C=O) groups excluding carboxylic acids is 1. The minimum atomic E-state index is -0.0301. The van der Waals surface area contributed by atoms with Crippen molar-refractivity contribution in [2.24, 2.45) is 0 Å². The lowest BCUT2D eigenvalue weighted by Crippen LogP contribution is -2.41. The van der Waals surface area contributed by atoms with Gasteiger partial charge in [0.15, 0.2) is 5.82 Å². The van der Waals surface area contributed by atoms with E-state index in [4.69, 9.17) is 4.74 Å². The molecule has 0 bridgehead atoms. The Morgan fingerprint density at radius 3 is 2.60 bits per heavy atom. The lowest BCUT2D eigenvalue weighted by Gasteiger charge is -2.33. The van der Waals surface area contributed by atoms with Gasteiger partial charge in [0, 0.05) is 18.9 Å². The van der Waals surface area contributed by atoms with Gasteiger partial charge in [-0.1, -0.05) is 56.3 Å². The van der Waals surface area contributed by atoms with Crippen molar-refractivity contribution in [3.05, 3.63) is 77.4 Å². The average molecular weight is 405 g/mol. The molecule has 1 aliphatic heterocycles. The Morgan fingerprint density at radius 2 is 1.83 bits per heavy atom. The zero-order valence-electron chi connectivity index (χ0n) is 17.8. The van der Waals surface area contributed by atoms with Crippen LogP contribution in [-0.4, -0.2) is 38.7 Å². The third-order valence-electron chi connectivity index (χ3n) is 5.46. The maximum Gasteiger partial charge on any atom is 0.258 e. The fourth-order valence-corrected chi connectivity index (χ4v) is 3.97. The number of benzene rings is 2. The number of fused-ring (bicyclic) bond motifs is 1. The molecule has 1 atom stereocenters. The molecule has 2 aromatic carbocycles. The summed E-state index contributed by atoms with van der Waals surface area (Å²) in [7, 11) is 0. The zero-order chi connectivity index (χ0) is 21.1. The van der Waals surface area contributed by atoms with Gasteiger partial charge in [0.1, 0.15) is 11.6 Å². The van der Waals surface area contributed by atoms with Crippen LogP contribution in [0.2, 0.25) is 0 Å². The summed E-state index contributed by atoms with van der Waals surface area (Å²) in [5.74, 6) is 2.72. The number of hydrogen-bond donors (Lipinski definition) is 0. The highest BCUT2D eigenvalue weighted by Crippen LogP contribution is 2.28. The number of aromatic nitrogens is 3. The van der Waals surface area contributed by atoms with Crippen LogP contribution in [0.5, 0.6) is 5.75 Å². The fourth-order valence-electron chi connectivity index (χ4n) is 3.97. The lowest BCUT2D eigenvalue weighted by molar-refractivity contribution is 0.0675. The molecule has 0 N–H and O–H groups in total. The molecule has 4 rings (SSSR count). The summed E-state index contributed by atoms with van der Waals surface area (Å²) >= 11 is 0. The Kier molecular flexibility index (Phi) is 5.84. The standard InChI is InChI=1S/C24H28N4O2/c1-17(2)23-26-25-22-16-27(15-18(3)28(22)23)24(29)20-11-7-8-12-21(20)30-14-13-19-9-5-4-6-10-19/h4-12,17-18H,13-16H2,1-3H3/t18-/m0/s1. The van der Waals surface area contributed by atoms with Crippen LogP contribution in [0.25, 0.3) is 0 Å². The fraction of sp³-hybridized carbons (Fsp3) is 0.375. The molecule has 1 aliphatic rings. The largest absolute Gasteiger partial charge is 0.492 e. The van der Waals surface area contributed by atoms with Crippen molar-refractivity contribution >= 4 is 5.91 Å². The molecule has 0 radical (unpaired) electrons. The molecule has 6 heteroatoms. The van der Waals surface area contributed by atoms with E-state index >= 15 is 0 Å². The van der Waals surface area contributed by atoms with Gasteiger partial charge in [-0.2, -0.15) is 0 Å². The Morgan fingerprint density at radius 1 is 1.10 bits per heavy atom. The molecule has 0 spiro atoms. The molecule has 156 valence electrons. The van der Waals surface area contributed by atoms with Crippen LogP contribution in [0.4, 0.5) is 0 Å². The summed E-state index contributed by atoms with van der Waals surface area (Å²) in [5, 5.41) is 8.70. The van der Waals surface area contributed by atoms with E-state index in [0.29, 0.717) is 36.9 Å². The van der Waals surface area contributed by atoms with Crippen LogP contribution in [0.1, 0.15) is 60.3 Å². The first-order chi connectivity index (χ1) is 14.5. The average Bonchev–Trinajstić information content (AvgIpc) is 3.19. The van der Waals surface area contributed by atoms with Crippen molar-refractivity contribution in [3.63, 3.8) is 0 Å². The van der Waals surface area contributed by atoms with E-state index in [0.717, 1.165) is 18.1 Å². The maximum absolute atomic E-state index is 13.3. The van der Waals surface area contributed by atoms with Gasteiger partial charge >= 0.3 is 0 Å². The SMILES string of the molecule is CC(C)c1nnc2n1[C@@H](C)CN(C(=O)c1ccccc1OCCc1ccccc1)C2. The Hall–Kier alpha value is -3.15. The van der Waals surface area contributed by atoms with Gasteiger partial charge in [-0.15, -0.1) is 10.2 Å². The van der Waals surface area contributed by atoms with Crippen LogP contribution in [0.15, 0.2) is 54.6 Å². The first kappa shape index (κ1) is 20.1. The third-order valence-corrected chi connectivity index (χ3v) is 5.46. The quantitative estimate of drug-likeness (QED) is 0.617. The first-order valence-electron chi connectivity index (χ1n) is 10.5. The van der Waals surface area contributed by atoms with Gasteiger partial charge in [0.25, 0.3) is 5.91 Å². The van der Waals surface area contributed by atoms with Crippen LogP contribution in [-0.2, 0) is 13.0 Å². The van der Waals surface area contributed by atoms with Crippen molar-refractivity contribution < 1.29 is 9.53 Å². The van der Waals surface area contributed by atoms with E-state index < -0.39 is 0 Å². The van der Waals surface area contributed by atoms with Gasteiger partial charge in [-0.3, -0.25) is 4.79 Å². The molecule has 2 heterocycles. The van der Waals surface area contributed by atoms with Crippen molar-refractivity contribution in [2.45, 2.75) is 45.7 Å². The van der Waals surface area contributed by atoms with Gasteiger partial charge in [-0.05, 0) is 24.6 Å². The van der Waals surface area contributed by atoms with E-state index in [-0.39, 0.29) is 11.9 Å². The Bertz CT molecular complexity index is 1010. The molecule has 0 saturated carbocycles. The number of carbonyl (C=O) groups is 1. The number of rotatable bonds is 6. The topological polar surface area (TPSA) is 60.2 Å². The predicted octanol–water partition coefficient (Wildman–Crippen LogP) is 4.24. The monoisotopic (exact) mass is 404 g/mol. The number of para-hydroxylation sites is 1. The van der Waals surface area contributed by atoms with E-state index in [1.165, 1.54) is 5.56 Å². The van der Waals surface area contributed by atoms with E-state index in [2.05, 4.69) is 47.7 Å². The van der Waals surface area contributed by atoms with Gasteiger partial charge in [0.2, 0.25) is 0 Å². The van der Waals surface area contributed by atoms with Gasteiger partial charge in [-0.25, -0.2) is 0 Å². The summed E-state index contributed by atoms with van der Waals surface area (Å²) in [6.07, 6.45) is 0.797. The Labute approximate surface area is 177 Å². The van der Waals surface area contributed by atoms with Crippen molar-refractivity contribution in [3.8, 4) is 5.75 Å². The number of nitrogens with zero attached hydrogens (tertiary/aromatic N) is 4. The number of ether oxygens (including phenoxy) is 1. The second-order valence-electron chi connectivity index (χ2n) is 8.11. The molecule has 0 fully saturated rings. The van der Waals surface area contributed by atoms with Gasteiger partial charge < -0.3 is 14.2 Å². The maximum atomic E-state index is 13.3. The highest BCUT2D eigenvalue weighted by molar-refractivity contribution is 5.97. The van der Waals surface area contributed by atoms with E-state index in [9.17, 15) is 4.79 Å². The van der Waals surface area contributed by atoms with E-state index in [1.807, 2.05) is 47.4 Å². The Balaban J connectivity index is 1.48. The van der Waals surface area contributed by atoms with E-state index in [1.54, 1.807) is 0 Å². The van der Waals surface area contributed by atoms with Crippen LogP contribution < -0.4 is 4.74 Å². The van der Waals surface area contributed by atoms with Crippen LogP contribution in [0.3, 0.4) is 0 Å². The summed E-state index contributed by atoms with van der Waals surface area (Å²) in [4.78, 5) is 15.2. The molecular weight excluding hydrogens is 376 g/mol. The molecule has 1 aromatic heterocycles. The van der Waals surface area contributed by atoms with Crippen LogP contribution in [0, 0.1) is 0 Å². The summed E-state index contributed by atoms with van der Waals surface area (Å²) < 4.78 is 8.18. The zero-order valence-corrected chi connectivity index (χ0v) is 17.8. The van der Waals surface area contributed by atoms with Gasteiger partial charge in [0.05, 0.1) is 24.8 Å². The third kappa shape index (κ3) is 4.08. The second kappa shape index (κ2) is 8.69. The number of hydrogen-bond acceptors (Lipinski definition) is 4. The molecule has 0 saturated heterocycles. The molecule has 30 heavy (non-hydrogen) atoms. The summed E-state index contributed by atoms with van der Waals surface area (Å²) in [6.45, 7) is 7.95. The molecule has 0 aliphatic carbocycles. The smallest absolute Gasteiger partial charge is 0.258 e. The minimum absolute atomic E-state index is 0.0301. The van der Waals surface area contributed by atoms with Crippen molar-refractivity contribution in [2.75, 3.05) is 13.2 Å². The summed E-state index contributed by atoms with van der Waals surface area (Å²) in [5.41, 5.74) is 1.81. The highest BCUT2D eigenvalue weighted by atomic mass is 16.5. The second-order valence-corrected chi connectivity index (χ2v) is 8.11. The molecule has 3 aromatic rings. The predicted molar refractivity (Wildman–Crippen MR) is 116 cm³/mol. The molecule has 1 amide bonds. The minimum Gasteiger partial charge on any atom is -0.492 e. The lowest BCUT2D eigenvalue weighted by atomic mass is 10.1. The first-order valence-corrected chi connectivity index (χ1v) is 10.5. The van der Waals surface area contributed by atoms with Crippen molar-refractivity contribution in [1.82, 2.24) is 19.7 Å².